The van der Waals surface area contributed by atoms with Gasteiger partial charge in [-0.1, -0.05) is 25.0 Å². The molecule has 0 unspecified atom stereocenters. The highest BCUT2D eigenvalue weighted by Gasteiger charge is 2.18. The van der Waals surface area contributed by atoms with Gasteiger partial charge < -0.3 is 5.32 Å². The van der Waals surface area contributed by atoms with E-state index in [0.717, 1.165) is 19.6 Å². The van der Waals surface area contributed by atoms with E-state index in [4.69, 9.17) is 0 Å². The highest BCUT2D eigenvalue weighted by Crippen LogP contribution is 2.18. The second-order valence-corrected chi connectivity index (χ2v) is 8.17. The van der Waals surface area contributed by atoms with Gasteiger partial charge in [-0.15, -0.1) is 0 Å². The van der Waals surface area contributed by atoms with E-state index in [9.17, 15) is 14.4 Å². The molecule has 2 N–H and O–H groups in total. The Bertz CT molecular complexity index is 1220. The minimum atomic E-state index is -0.622. The molecule has 4 rings (SSSR count). The largest absolute Gasteiger partial charge is 0.329 e. The maximum Gasteiger partial charge on any atom is 0.329 e. The van der Waals surface area contributed by atoms with Gasteiger partial charge in [0.1, 0.15) is 5.65 Å². The van der Waals surface area contributed by atoms with E-state index in [0.29, 0.717) is 11.4 Å². The molecule has 1 aromatic carbocycles. The number of benzene rings is 1. The Balaban J connectivity index is 1.56. The number of pyridine rings is 1. The van der Waals surface area contributed by atoms with Crippen molar-refractivity contribution in [1.29, 1.82) is 0 Å². The van der Waals surface area contributed by atoms with E-state index in [1.807, 2.05) is 24.3 Å². The van der Waals surface area contributed by atoms with Gasteiger partial charge in [0.15, 0.2) is 0 Å². The summed E-state index contributed by atoms with van der Waals surface area (Å²) in [6.07, 6.45) is 5.11. The van der Waals surface area contributed by atoms with Crippen LogP contribution in [-0.4, -0.2) is 38.4 Å². The lowest BCUT2D eigenvalue weighted by molar-refractivity contribution is 0.102. The summed E-state index contributed by atoms with van der Waals surface area (Å²) >= 11 is 0. The zero-order chi connectivity index (χ0) is 22.0. The van der Waals surface area contributed by atoms with Crippen LogP contribution in [0.1, 0.15) is 47.3 Å². The lowest BCUT2D eigenvalue weighted by Gasteiger charge is -2.19. The van der Waals surface area contributed by atoms with Crippen LogP contribution in [-0.2, 0) is 13.6 Å². The number of hydrogen-bond donors (Lipinski definition) is 2. The maximum atomic E-state index is 13.0. The summed E-state index contributed by atoms with van der Waals surface area (Å²) in [6, 6.07) is 9.35. The van der Waals surface area contributed by atoms with Crippen LogP contribution in [0.2, 0.25) is 0 Å². The molecule has 1 saturated heterocycles. The summed E-state index contributed by atoms with van der Waals surface area (Å²) in [5.41, 5.74) is 1.58. The molecule has 0 saturated carbocycles. The highest BCUT2D eigenvalue weighted by molar-refractivity contribution is 6.11. The molecule has 0 bridgehead atoms. The first-order chi connectivity index (χ1) is 14.9. The molecule has 8 heteroatoms. The van der Waals surface area contributed by atoms with Crippen molar-refractivity contribution in [1.82, 2.24) is 19.4 Å². The fourth-order valence-electron chi connectivity index (χ4n) is 4.09. The fourth-order valence-corrected chi connectivity index (χ4v) is 4.09. The Kier molecular flexibility index (Phi) is 5.99. The van der Waals surface area contributed by atoms with Gasteiger partial charge in [-0.3, -0.25) is 24.0 Å². The number of aryl methyl sites for hydroxylation is 2. The van der Waals surface area contributed by atoms with Crippen LogP contribution in [0.3, 0.4) is 0 Å². The molecule has 1 aliphatic rings. The van der Waals surface area contributed by atoms with Crippen molar-refractivity contribution in [2.75, 3.05) is 18.4 Å². The summed E-state index contributed by atoms with van der Waals surface area (Å²) in [5, 5.41) is 2.96. The van der Waals surface area contributed by atoms with Crippen LogP contribution in [0.5, 0.6) is 0 Å². The van der Waals surface area contributed by atoms with Crippen LogP contribution in [0.4, 0.5) is 5.69 Å². The summed E-state index contributed by atoms with van der Waals surface area (Å²) in [6.45, 7) is 4.89. The topological polar surface area (TPSA) is 100 Å². The third-order valence-electron chi connectivity index (χ3n) is 5.76. The van der Waals surface area contributed by atoms with Crippen molar-refractivity contribution in [2.24, 2.45) is 7.05 Å². The SMILES string of the molecule is Cc1cc(C(=O)Nc2ccc(CN3CCCCCC3)cc2)c2c(=O)[nH]c(=O)n(C)c2n1. The van der Waals surface area contributed by atoms with Crippen LogP contribution in [0, 0.1) is 6.92 Å². The van der Waals surface area contributed by atoms with Crippen LogP contribution >= 0.6 is 0 Å². The average Bonchev–Trinajstić information content (AvgIpc) is 3.01. The molecule has 2 aromatic heterocycles. The molecule has 31 heavy (non-hydrogen) atoms. The number of fused-ring (bicyclic) bond motifs is 1. The smallest absolute Gasteiger partial charge is 0.322 e. The molecule has 0 aliphatic carbocycles. The number of aromatic nitrogens is 3. The van der Waals surface area contributed by atoms with E-state index in [1.54, 1.807) is 13.0 Å². The van der Waals surface area contributed by atoms with E-state index in [2.05, 4.69) is 20.2 Å². The fraction of sp³-hybridized carbons (Fsp3) is 0.391. The first-order valence-corrected chi connectivity index (χ1v) is 10.7. The number of likely N-dealkylation sites (tertiary alicyclic amines) is 1. The Morgan fingerprint density at radius 2 is 1.77 bits per heavy atom. The number of nitrogens with zero attached hydrogens (tertiary/aromatic N) is 3. The molecule has 3 heterocycles. The number of rotatable bonds is 4. The average molecular weight is 422 g/mol. The van der Waals surface area contributed by atoms with Crippen LogP contribution in [0.25, 0.3) is 11.0 Å². The molecule has 1 fully saturated rings. The highest BCUT2D eigenvalue weighted by atomic mass is 16.2. The molecule has 3 aromatic rings. The van der Waals surface area contributed by atoms with Gasteiger partial charge in [-0.25, -0.2) is 9.78 Å². The summed E-state index contributed by atoms with van der Waals surface area (Å²) < 4.78 is 1.23. The number of carbonyl (C=O) groups is 1. The molecular weight excluding hydrogens is 394 g/mol. The van der Waals surface area contributed by atoms with E-state index >= 15 is 0 Å². The second-order valence-electron chi connectivity index (χ2n) is 8.17. The van der Waals surface area contributed by atoms with Crippen LogP contribution < -0.4 is 16.6 Å². The molecule has 0 radical (unpaired) electrons. The van der Waals surface area contributed by atoms with Gasteiger partial charge in [0, 0.05) is 25.0 Å². The Morgan fingerprint density at radius 3 is 2.45 bits per heavy atom. The van der Waals surface area contributed by atoms with Crippen molar-refractivity contribution < 1.29 is 4.79 Å². The summed E-state index contributed by atoms with van der Waals surface area (Å²) in [7, 11) is 1.51. The van der Waals surface area contributed by atoms with Gasteiger partial charge >= 0.3 is 5.69 Å². The first-order valence-electron chi connectivity index (χ1n) is 10.7. The lowest BCUT2D eigenvalue weighted by Crippen LogP contribution is -2.30. The molecule has 162 valence electrons. The second kappa shape index (κ2) is 8.85. The number of nitrogens with one attached hydrogen (secondary N) is 2. The zero-order valence-corrected chi connectivity index (χ0v) is 17.9. The third kappa shape index (κ3) is 4.59. The zero-order valence-electron chi connectivity index (χ0n) is 17.9. The lowest BCUT2D eigenvalue weighted by atomic mass is 10.1. The first kappa shape index (κ1) is 21.0. The number of aromatic amines is 1. The van der Waals surface area contributed by atoms with Crippen molar-refractivity contribution >= 4 is 22.6 Å². The maximum absolute atomic E-state index is 13.0. The predicted molar refractivity (Wildman–Crippen MR) is 120 cm³/mol. The Labute approximate surface area is 179 Å². The number of anilines is 1. The van der Waals surface area contributed by atoms with Gasteiger partial charge in [0.05, 0.1) is 10.9 Å². The molecular formula is C23H27N5O3. The third-order valence-corrected chi connectivity index (χ3v) is 5.76. The monoisotopic (exact) mass is 421 g/mol. The minimum Gasteiger partial charge on any atom is -0.322 e. The standard InChI is InChI=1S/C23H27N5O3/c1-15-13-18(19-20(24-15)27(2)23(31)26-22(19)30)21(29)25-17-9-7-16(8-10-17)14-28-11-5-3-4-6-12-28/h7-10,13H,3-6,11-12,14H2,1-2H3,(H,25,29)(H,26,30,31). The number of H-pyrrole nitrogens is 1. The van der Waals surface area contributed by atoms with Gasteiger partial charge in [0.2, 0.25) is 0 Å². The van der Waals surface area contributed by atoms with E-state index in [1.165, 1.54) is 42.9 Å². The quantitative estimate of drug-likeness (QED) is 0.674. The van der Waals surface area contributed by atoms with Crippen molar-refractivity contribution in [3.05, 3.63) is 68.0 Å². The summed E-state index contributed by atoms with van der Waals surface area (Å²) in [5.74, 6) is -0.417. The van der Waals surface area contributed by atoms with E-state index in [-0.39, 0.29) is 16.6 Å². The molecule has 1 aliphatic heterocycles. The molecule has 0 atom stereocenters. The molecule has 0 spiro atoms. The van der Waals surface area contributed by atoms with Crippen molar-refractivity contribution in [3.8, 4) is 0 Å². The normalized spacial score (nSPS) is 15.0. The van der Waals surface area contributed by atoms with Crippen molar-refractivity contribution in [3.63, 3.8) is 0 Å². The van der Waals surface area contributed by atoms with E-state index < -0.39 is 17.2 Å². The summed E-state index contributed by atoms with van der Waals surface area (Å²) in [4.78, 5) is 46.3. The van der Waals surface area contributed by atoms with Gasteiger partial charge in [0.25, 0.3) is 11.5 Å². The molecule has 1 amide bonds. The molecule has 8 nitrogen and oxygen atoms in total. The number of amides is 1. The van der Waals surface area contributed by atoms with Crippen LogP contribution in [0.15, 0.2) is 39.9 Å². The van der Waals surface area contributed by atoms with Gasteiger partial charge in [-0.05, 0) is 56.6 Å². The predicted octanol–water partition coefficient (Wildman–Crippen LogP) is 2.56. The van der Waals surface area contributed by atoms with Crippen molar-refractivity contribution in [2.45, 2.75) is 39.2 Å². The number of hydrogen-bond acceptors (Lipinski definition) is 5. The minimum absolute atomic E-state index is 0.1000. The Hall–Kier alpha value is -3.26. The Morgan fingerprint density at radius 1 is 1.10 bits per heavy atom. The number of carbonyl (C=O) groups excluding carboxylic acids is 1. The van der Waals surface area contributed by atoms with Gasteiger partial charge in [-0.2, -0.15) is 0 Å².